The number of allylic oxidation sites excluding steroid dienone is 1. The predicted molar refractivity (Wildman–Crippen MR) is 102 cm³/mol. The van der Waals surface area contributed by atoms with Crippen molar-refractivity contribution in [3.8, 4) is 17.4 Å². The minimum absolute atomic E-state index is 0.323. The number of methoxy groups -OCH3 is 2. The molecular formula is C19H24N4O3. The Bertz CT molecular complexity index is 873. The van der Waals surface area contributed by atoms with Crippen molar-refractivity contribution in [1.29, 1.82) is 0 Å². The molecule has 4 N–H and O–H groups in total. The molecule has 2 aromatic rings. The number of aromatic nitrogens is 1. The highest BCUT2D eigenvalue weighted by molar-refractivity contribution is 5.96. The largest absolute Gasteiger partial charge is 0.493 e. The summed E-state index contributed by atoms with van der Waals surface area (Å²) >= 11 is 0. The molecule has 0 unspecified atom stereocenters. The number of aliphatic imine (C=N–C) groups is 1. The summed E-state index contributed by atoms with van der Waals surface area (Å²) in [5.41, 5.74) is 12.8. The molecule has 1 aromatic carbocycles. The Morgan fingerprint density at radius 1 is 1.19 bits per heavy atom. The highest BCUT2D eigenvalue weighted by Crippen LogP contribution is 2.37. The summed E-state index contributed by atoms with van der Waals surface area (Å²) in [5, 5.41) is 1.68. The van der Waals surface area contributed by atoms with E-state index in [4.69, 9.17) is 25.7 Å². The molecule has 1 aliphatic carbocycles. The zero-order chi connectivity index (χ0) is 18.7. The van der Waals surface area contributed by atoms with Gasteiger partial charge < -0.3 is 25.7 Å². The van der Waals surface area contributed by atoms with Gasteiger partial charge >= 0.3 is 0 Å². The fourth-order valence-electron chi connectivity index (χ4n) is 2.71. The Morgan fingerprint density at radius 2 is 1.88 bits per heavy atom. The molecule has 7 nitrogen and oxygen atoms in total. The minimum Gasteiger partial charge on any atom is -0.493 e. The van der Waals surface area contributed by atoms with Gasteiger partial charge in [0.15, 0.2) is 17.3 Å². The van der Waals surface area contributed by atoms with E-state index in [9.17, 15) is 0 Å². The third-order valence-electron chi connectivity index (χ3n) is 4.17. The maximum atomic E-state index is 6.01. The van der Waals surface area contributed by atoms with Crippen molar-refractivity contribution in [2.75, 3.05) is 20.8 Å². The van der Waals surface area contributed by atoms with E-state index < -0.39 is 0 Å². The van der Waals surface area contributed by atoms with E-state index in [-0.39, 0.29) is 0 Å². The number of rotatable bonds is 7. The average molecular weight is 356 g/mol. The molecular weight excluding hydrogens is 332 g/mol. The molecule has 0 aliphatic heterocycles. The number of nitrogens with zero attached hydrogens (tertiary/aromatic N) is 2. The summed E-state index contributed by atoms with van der Waals surface area (Å²) in [6.45, 7) is 2.38. The van der Waals surface area contributed by atoms with Crippen molar-refractivity contribution < 1.29 is 14.2 Å². The van der Waals surface area contributed by atoms with Crippen molar-refractivity contribution in [2.45, 2.75) is 19.8 Å². The number of nitrogens with two attached hydrogens (primary N) is 2. The van der Waals surface area contributed by atoms with Gasteiger partial charge in [0.05, 0.1) is 20.8 Å². The lowest BCUT2D eigenvalue weighted by Gasteiger charge is -2.12. The number of amidine groups is 1. The van der Waals surface area contributed by atoms with E-state index in [1.165, 1.54) is 0 Å². The summed E-state index contributed by atoms with van der Waals surface area (Å²) in [7, 11) is 3.18. The van der Waals surface area contributed by atoms with Gasteiger partial charge in [-0.1, -0.05) is 0 Å². The van der Waals surface area contributed by atoms with Gasteiger partial charge in [-0.3, -0.25) is 0 Å². The molecule has 138 valence electrons. The topological polar surface area (TPSA) is 105 Å². The van der Waals surface area contributed by atoms with Crippen molar-refractivity contribution in [2.24, 2.45) is 22.4 Å². The Labute approximate surface area is 152 Å². The second kappa shape index (κ2) is 7.51. The molecule has 1 aromatic heterocycles. The second-order valence-electron chi connectivity index (χ2n) is 6.10. The summed E-state index contributed by atoms with van der Waals surface area (Å²) in [6, 6.07) is 5.53. The highest BCUT2D eigenvalue weighted by atomic mass is 16.5. The third-order valence-corrected chi connectivity index (χ3v) is 4.17. The first-order chi connectivity index (χ1) is 12.5. The van der Waals surface area contributed by atoms with Gasteiger partial charge in [-0.2, -0.15) is 4.98 Å². The van der Waals surface area contributed by atoms with E-state index in [1.54, 1.807) is 20.3 Å². The number of hydrogen-bond acceptors (Lipinski definition) is 6. The number of benzene rings is 1. The van der Waals surface area contributed by atoms with Gasteiger partial charge in [-0.05, 0) is 55.3 Å². The van der Waals surface area contributed by atoms with E-state index in [2.05, 4.69) is 9.98 Å². The number of hydrogen-bond donors (Lipinski definition) is 2. The Hall–Kier alpha value is -2.96. The van der Waals surface area contributed by atoms with Crippen LogP contribution in [-0.4, -0.2) is 31.6 Å². The first-order valence-corrected chi connectivity index (χ1v) is 8.56. The number of ether oxygens (including phenoxy) is 3. The minimum atomic E-state index is 0.323. The molecule has 7 heteroatoms. The average Bonchev–Trinajstić information content (AvgIpc) is 3.46. The SMILES string of the molecule is CCOc1nc(/N=C(N)\C=C(/N)C2CC2)cc2cc(OC)c(OC)cc12. The number of fused-ring (bicyclic) bond motifs is 1. The van der Waals surface area contributed by atoms with Crippen LogP contribution in [0.1, 0.15) is 19.8 Å². The second-order valence-corrected chi connectivity index (χ2v) is 6.10. The van der Waals surface area contributed by atoms with Crippen LogP contribution in [-0.2, 0) is 0 Å². The molecule has 0 amide bonds. The Kier molecular flexibility index (Phi) is 5.16. The standard InChI is InChI=1S/C19H24N4O3/c1-4-26-19-13-9-16(25-3)15(24-2)7-12(13)8-18(23-19)22-17(21)10-14(20)11-5-6-11/h7-11H,4-6,20H2,1-3H3,(H2,21,22,23)/b14-10-. The van der Waals surface area contributed by atoms with Crippen molar-refractivity contribution in [3.63, 3.8) is 0 Å². The van der Waals surface area contributed by atoms with Crippen LogP contribution in [0.2, 0.25) is 0 Å². The molecule has 0 spiro atoms. The summed E-state index contributed by atoms with van der Waals surface area (Å²) in [5.74, 6) is 2.91. The zero-order valence-electron chi connectivity index (χ0n) is 15.3. The summed E-state index contributed by atoms with van der Waals surface area (Å²) < 4.78 is 16.4. The smallest absolute Gasteiger partial charge is 0.223 e. The maximum absolute atomic E-state index is 6.01. The zero-order valence-corrected chi connectivity index (χ0v) is 15.3. The highest BCUT2D eigenvalue weighted by Gasteiger charge is 2.24. The van der Waals surface area contributed by atoms with Crippen LogP contribution in [0.25, 0.3) is 10.8 Å². The van der Waals surface area contributed by atoms with Gasteiger partial charge in [0.25, 0.3) is 0 Å². The van der Waals surface area contributed by atoms with Crippen LogP contribution in [0.5, 0.6) is 17.4 Å². The lowest BCUT2D eigenvalue weighted by atomic mass is 10.1. The van der Waals surface area contributed by atoms with Gasteiger partial charge in [-0.15, -0.1) is 0 Å². The molecule has 1 saturated carbocycles. The quantitative estimate of drug-likeness (QED) is 0.584. The van der Waals surface area contributed by atoms with Crippen LogP contribution >= 0.6 is 0 Å². The predicted octanol–water partition coefficient (Wildman–Crippen LogP) is 2.89. The normalized spacial score (nSPS) is 15.2. The lowest BCUT2D eigenvalue weighted by Crippen LogP contribution is -2.12. The molecule has 3 rings (SSSR count). The van der Waals surface area contributed by atoms with Crippen molar-refractivity contribution in [3.05, 3.63) is 30.0 Å². The van der Waals surface area contributed by atoms with Crippen LogP contribution < -0.4 is 25.7 Å². The third kappa shape index (κ3) is 3.82. The van der Waals surface area contributed by atoms with E-state index in [0.717, 1.165) is 29.3 Å². The molecule has 26 heavy (non-hydrogen) atoms. The van der Waals surface area contributed by atoms with Crippen molar-refractivity contribution in [1.82, 2.24) is 4.98 Å². The molecule has 0 atom stereocenters. The molecule has 0 bridgehead atoms. The molecule has 0 radical (unpaired) electrons. The molecule has 0 saturated heterocycles. The Balaban J connectivity index is 2.07. The first kappa shape index (κ1) is 17.8. The van der Waals surface area contributed by atoms with E-state index in [1.807, 2.05) is 25.1 Å². The lowest BCUT2D eigenvalue weighted by molar-refractivity contribution is 0.331. The fourth-order valence-corrected chi connectivity index (χ4v) is 2.71. The van der Waals surface area contributed by atoms with E-state index in [0.29, 0.717) is 41.6 Å². The molecule has 1 fully saturated rings. The summed E-state index contributed by atoms with van der Waals surface area (Å²) in [6.07, 6.45) is 3.93. The Morgan fingerprint density at radius 3 is 2.50 bits per heavy atom. The van der Waals surface area contributed by atoms with E-state index >= 15 is 0 Å². The van der Waals surface area contributed by atoms with Gasteiger partial charge in [0, 0.05) is 11.1 Å². The summed E-state index contributed by atoms with van der Waals surface area (Å²) in [4.78, 5) is 8.85. The van der Waals surface area contributed by atoms with Crippen LogP contribution in [0, 0.1) is 5.92 Å². The molecule has 1 aliphatic rings. The monoisotopic (exact) mass is 356 g/mol. The fraction of sp³-hybridized carbons (Fsp3) is 0.368. The van der Waals surface area contributed by atoms with Gasteiger partial charge in [-0.25, -0.2) is 4.99 Å². The van der Waals surface area contributed by atoms with Crippen molar-refractivity contribution >= 4 is 22.4 Å². The van der Waals surface area contributed by atoms with Gasteiger partial charge in [0.2, 0.25) is 5.88 Å². The maximum Gasteiger partial charge on any atom is 0.223 e. The first-order valence-electron chi connectivity index (χ1n) is 8.56. The van der Waals surface area contributed by atoms with Gasteiger partial charge in [0.1, 0.15) is 5.84 Å². The number of pyridine rings is 1. The van der Waals surface area contributed by atoms with Crippen LogP contribution in [0.15, 0.2) is 35.0 Å². The molecule has 1 heterocycles. The van der Waals surface area contributed by atoms with Crippen LogP contribution in [0.4, 0.5) is 5.82 Å². The van der Waals surface area contributed by atoms with Crippen LogP contribution in [0.3, 0.4) is 0 Å².